The van der Waals surface area contributed by atoms with E-state index in [0.717, 1.165) is 12.5 Å². The lowest BCUT2D eigenvalue weighted by Gasteiger charge is -2.44. The van der Waals surface area contributed by atoms with Gasteiger partial charge >= 0.3 is 11.9 Å². The van der Waals surface area contributed by atoms with Gasteiger partial charge in [-0.25, -0.2) is 4.79 Å². The third-order valence-corrected chi connectivity index (χ3v) is 5.74. The van der Waals surface area contributed by atoms with Crippen molar-refractivity contribution < 1.29 is 24.2 Å². The molecule has 0 bridgehead atoms. The smallest absolute Gasteiger partial charge is 0.330 e. The van der Waals surface area contributed by atoms with Crippen LogP contribution >= 0.6 is 0 Å². The number of esters is 2. The minimum atomic E-state index is -0.742. The van der Waals surface area contributed by atoms with Crippen LogP contribution in [0.5, 0.6) is 0 Å². The Morgan fingerprint density at radius 2 is 1.70 bits per heavy atom. The van der Waals surface area contributed by atoms with Crippen LogP contribution in [0.3, 0.4) is 0 Å². The van der Waals surface area contributed by atoms with Gasteiger partial charge in [-0.1, -0.05) is 48.1 Å². The highest BCUT2D eigenvalue weighted by Crippen LogP contribution is 2.48. The molecule has 27 heavy (non-hydrogen) atoms. The average molecular weight is 383 g/mol. The van der Waals surface area contributed by atoms with E-state index in [2.05, 4.69) is 48.1 Å². The molecule has 156 valence electrons. The van der Waals surface area contributed by atoms with E-state index in [1.165, 1.54) is 0 Å². The second-order valence-electron chi connectivity index (χ2n) is 10.3. The van der Waals surface area contributed by atoms with Crippen molar-refractivity contribution in [2.75, 3.05) is 6.61 Å². The molecular formula is C22H38O5. The first kappa shape index (κ1) is 23.7. The molecule has 0 radical (unpaired) electrons. The van der Waals surface area contributed by atoms with Crippen LogP contribution in [-0.4, -0.2) is 35.9 Å². The maximum absolute atomic E-state index is 13.1. The molecule has 1 fully saturated rings. The number of ether oxygens (including phenoxy) is 2. The summed E-state index contributed by atoms with van der Waals surface area (Å²) in [7, 11) is 0. The highest BCUT2D eigenvalue weighted by atomic mass is 16.6. The van der Waals surface area contributed by atoms with Gasteiger partial charge in [-0.2, -0.15) is 0 Å². The number of carbonyl (C=O) groups is 2. The molecule has 0 spiro atoms. The topological polar surface area (TPSA) is 72.8 Å². The molecule has 0 amide bonds. The number of hydrogen-bond donors (Lipinski definition) is 1. The summed E-state index contributed by atoms with van der Waals surface area (Å²) in [5.74, 6) is -0.630. The van der Waals surface area contributed by atoms with Crippen molar-refractivity contribution in [1.29, 1.82) is 0 Å². The van der Waals surface area contributed by atoms with Gasteiger partial charge in [0.2, 0.25) is 0 Å². The van der Waals surface area contributed by atoms with Crippen molar-refractivity contribution in [3.8, 4) is 0 Å². The lowest BCUT2D eigenvalue weighted by Crippen LogP contribution is -2.48. The third kappa shape index (κ3) is 6.63. The Kier molecular flexibility index (Phi) is 7.69. The van der Waals surface area contributed by atoms with Gasteiger partial charge in [0, 0.05) is 6.08 Å². The summed E-state index contributed by atoms with van der Waals surface area (Å²) in [6.45, 7) is 18.1. The second kappa shape index (κ2) is 8.76. The van der Waals surface area contributed by atoms with Gasteiger partial charge in [0.1, 0.15) is 6.10 Å². The molecule has 4 unspecified atom stereocenters. The maximum Gasteiger partial charge on any atom is 0.330 e. The van der Waals surface area contributed by atoms with Gasteiger partial charge in [0.05, 0.1) is 18.1 Å². The predicted octanol–water partition coefficient (Wildman–Crippen LogP) is 4.28. The molecule has 1 N–H and O–H groups in total. The van der Waals surface area contributed by atoms with E-state index >= 15 is 0 Å². The van der Waals surface area contributed by atoms with Crippen LogP contribution < -0.4 is 0 Å². The Morgan fingerprint density at radius 1 is 1.11 bits per heavy atom. The molecule has 0 aromatic rings. The molecule has 0 saturated heterocycles. The number of hydrogen-bond acceptors (Lipinski definition) is 5. The maximum atomic E-state index is 13.1. The number of aliphatic hydroxyl groups is 1. The van der Waals surface area contributed by atoms with Crippen molar-refractivity contribution in [3.05, 3.63) is 12.7 Å². The molecule has 5 nitrogen and oxygen atoms in total. The van der Waals surface area contributed by atoms with Crippen molar-refractivity contribution >= 4 is 11.9 Å². The van der Waals surface area contributed by atoms with Crippen molar-refractivity contribution in [3.63, 3.8) is 0 Å². The van der Waals surface area contributed by atoms with Crippen LogP contribution in [-0.2, 0) is 19.1 Å². The molecule has 1 aliphatic carbocycles. The lowest BCUT2D eigenvalue weighted by molar-refractivity contribution is -0.180. The minimum Gasteiger partial charge on any atom is -0.462 e. The number of rotatable bonds is 6. The van der Waals surface area contributed by atoms with Crippen LogP contribution in [0.4, 0.5) is 0 Å². The lowest BCUT2D eigenvalue weighted by atomic mass is 9.61. The molecule has 0 aliphatic heterocycles. The number of aliphatic hydroxyl groups excluding tert-OH is 1. The molecule has 1 saturated carbocycles. The first-order valence-electron chi connectivity index (χ1n) is 9.88. The largest absolute Gasteiger partial charge is 0.462 e. The van der Waals surface area contributed by atoms with Crippen LogP contribution in [0.25, 0.3) is 0 Å². The van der Waals surface area contributed by atoms with E-state index in [1.807, 2.05) is 6.92 Å². The Balaban J connectivity index is 2.75. The SMILES string of the molecule is C=CC(=O)OCC1CCC(OC(=O)C(C)(CC(C)(C)C)C(C)(C)C)C(O)C1. The zero-order chi connectivity index (χ0) is 21.0. The van der Waals surface area contributed by atoms with Crippen LogP contribution in [0, 0.1) is 22.2 Å². The predicted molar refractivity (Wildman–Crippen MR) is 106 cm³/mol. The normalized spacial score (nSPS) is 26.0. The fraction of sp³-hybridized carbons (Fsp3) is 0.818. The quantitative estimate of drug-likeness (QED) is 0.548. The zero-order valence-electron chi connectivity index (χ0n) is 18.1. The molecule has 4 atom stereocenters. The Hall–Kier alpha value is -1.36. The van der Waals surface area contributed by atoms with Gasteiger partial charge in [-0.3, -0.25) is 4.79 Å². The van der Waals surface area contributed by atoms with E-state index in [9.17, 15) is 14.7 Å². The highest BCUT2D eigenvalue weighted by molar-refractivity contribution is 5.81. The standard InChI is InChI=1S/C22H38O5/c1-9-18(24)26-13-15-10-11-17(16(23)12-15)27-19(25)22(8,21(5,6)7)14-20(2,3)4/h9,15-17,23H,1,10-14H2,2-8H3. The van der Waals surface area contributed by atoms with Gasteiger partial charge < -0.3 is 14.6 Å². The summed E-state index contributed by atoms with van der Waals surface area (Å²) in [6.07, 6.45) is 2.34. The Labute approximate surface area is 164 Å². The van der Waals surface area contributed by atoms with Crippen molar-refractivity contribution in [2.45, 2.75) is 86.4 Å². The molecule has 5 heteroatoms. The Bertz CT molecular complexity index is 540. The first-order chi connectivity index (χ1) is 12.2. The summed E-state index contributed by atoms with van der Waals surface area (Å²) < 4.78 is 10.9. The highest BCUT2D eigenvalue weighted by Gasteiger charge is 2.49. The van der Waals surface area contributed by atoms with Gasteiger partial charge in [-0.15, -0.1) is 0 Å². The summed E-state index contributed by atoms with van der Waals surface area (Å²) in [5, 5.41) is 10.5. The van der Waals surface area contributed by atoms with E-state index < -0.39 is 23.6 Å². The minimum absolute atomic E-state index is 0.0215. The van der Waals surface area contributed by atoms with Crippen LogP contribution in [0.1, 0.15) is 74.1 Å². The van der Waals surface area contributed by atoms with Crippen LogP contribution in [0.15, 0.2) is 12.7 Å². The number of carbonyl (C=O) groups excluding carboxylic acids is 2. The van der Waals surface area contributed by atoms with E-state index in [1.54, 1.807) is 0 Å². The first-order valence-corrected chi connectivity index (χ1v) is 9.88. The van der Waals surface area contributed by atoms with Gasteiger partial charge in [0.25, 0.3) is 0 Å². The molecular weight excluding hydrogens is 344 g/mol. The molecule has 0 heterocycles. The van der Waals surface area contributed by atoms with E-state index in [4.69, 9.17) is 9.47 Å². The molecule has 1 aliphatic rings. The fourth-order valence-electron chi connectivity index (χ4n) is 3.72. The molecule has 1 rings (SSSR count). The summed E-state index contributed by atoms with van der Waals surface area (Å²) >= 11 is 0. The zero-order valence-corrected chi connectivity index (χ0v) is 18.1. The van der Waals surface area contributed by atoms with Crippen LogP contribution in [0.2, 0.25) is 0 Å². The van der Waals surface area contributed by atoms with Crippen molar-refractivity contribution in [1.82, 2.24) is 0 Å². The molecule has 0 aromatic carbocycles. The summed E-state index contributed by atoms with van der Waals surface area (Å²) in [5.41, 5.74) is -0.938. The average Bonchev–Trinajstić information content (AvgIpc) is 2.51. The third-order valence-electron chi connectivity index (χ3n) is 5.74. The summed E-state index contributed by atoms with van der Waals surface area (Å²) in [4.78, 5) is 24.3. The summed E-state index contributed by atoms with van der Waals surface area (Å²) in [6, 6.07) is 0. The van der Waals surface area contributed by atoms with Gasteiger partial charge in [-0.05, 0) is 49.4 Å². The second-order valence-corrected chi connectivity index (χ2v) is 10.3. The van der Waals surface area contributed by atoms with E-state index in [-0.39, 0.29) is 29.3 Å². The van der Waals surface area contributed by atoms with E-state index in [0.29, 0.717) is 19.3 Å². The molecule has 0 aromatic heterocycles. The monoisotopic (exact) mass is 382 g/mol. The van der Waals surface area contributed by atoms with Crippen molar-refractivity contribution in [2.24, 2.45) is 22.2 Å². The Morgan fingerprint density at radius 3 is 2.15 bits per heavy atom. The fourth-order valence-corrected chi connectivity index (χ4v) is 3.72. The van der Waals surface area contributed by atoms with Gasteiger partial charge in [0.15, 0.2) is 0 Å².